The first kappa shape index (κ1) is 15.4. The van der Waals surface area contributed by atoms with E-state index < -0.39 is 0 Å². The van der Waals surface area contributed by atoms with Crippen LogP contribution in [0.1, 0.15) is 31.0 Å². The van der Waals surface area contributed by atoms with E-state index in [4.69, 9.17) is 4.74 Å². The average molecular weight is 285 g/mol. The Balaban J connectivity index is 1.62. The van der Waals surface area contributed by atoms with Crippen molar-refractivity contribution in [2.45, 2.75) is 32.8 Å². The summed E-state index contributed by atoms with van der Waals surface area (Å²) in [6, 6.07) is 10.5. The fourth-order valence-electron chi connectivity index (χ4n) is 1.97. The molecule has 0 aliphatic carbocycles. The Bertz CT molecular complexity index is 499. The molecule has 0 aliphatic rings. The molecule has 0 aliphatic heterocycles. The Morgan fingerprint density at radius 2 is 1.95 bits per heavy atom. The lowest BCUT2D eigenvalue weighted by atomic mass is 10.1. The third-order valence-corrected chi connectivity index (χ3v) is 3.11. The van der Waals surface area contributed by atoms with Gasteiger partial charge < -0.3 is 10.1 Å². The van der Waals surface area contributed by atoms with Gasteiger partial charge in [-0.05, 0) is 24.8 Å². The zero-order chi connectivity index (χ0) is 14.8. The van der Waals surface area contributed by atoms with E-state index in [1.54, 1.807) is 12.4 Å². The Hall–Kier alpha value is -1.94. The summed E-state index contributed by atoms with van der Waals surface area (Å²) in [4.78, 5) is 8.65. The van der Waals surface area contributed by atoms with Crippen molar-refractivity contribution in [1.82, 2.24) is 9.97 Å². The predicted octanol–water partition coefficient (Wildman–Crippen LogP) is 3.45. The number of hydrogen-bond acceptors (Lipinski definition) is 4. The Morgan fingerprint density at radius 3 is 2.67 bits per heavy atom. The molecule has 1 N–H and O–H groups in total. The number of rotatable bonds is 9. The third kappa shape index (κ3) is 5.92. The molecular formula is C17H23N3O. The van der Waals surface area contributed by atoms with Gasteiger partial charge in [-0.1, -0.05) is 37.3 Å². The molecule has 1 aromatic carbocycles. The van der Waals surface area contributed by atoms with Crippen molar-refractivity contribution in [3.63, 3.8) is 0 Å². The molecule has 0 bridgehead atoms. The number of benzene rings is 1. The molecule has 21 heavy (non-hydrogen) atoms. The number of nitrogens with zero attached hydrogens (tertiary/aromatic N) is 2. The van der Waals surface area contributed by atoms with Crippen LogP contribution >= 0.6 is 0 Å². The molecule has 0 spiro atoms. The monoisotopic (exact) mass is 285 g/mol. The van der Waals surface area contributed by atoms with Gasteiger partial charge in [-0.25, -0.2) is 4.98 Å². The van der Waals surface area contributed by atoms with E-state index in [0.717, 1.165) is 43.9 Å². The largest absolute Gasteiger partial charge is 0.375 e. The molecule has 0 saturated carbocycles. The Kier molecular flexibility index (Phi) is 6.68. The Labute approximate surface area is 126 Å². The molecule has 4 heteroatoms. The minimum Gasteiger partial charge on any atom is -0.375 e. The molecule has 0 fully saturated rings. The molecule has 0 atom stereocenters. The van der Waals surface area contributed by atoms with Crippen molar-refractivity contribution in [2.75, 3.05) is 18.5 Å². The van der Waals surface area contributed by atoms with Crippen LogP contribution in [0, 0.1) is 0 Å². The van der Waals surface area contributed by atoms with Crippen LogP contribution in [0.5, 0.6) is 0 Å². The summed E-state index contributed by atoms with van der Waals surface area (Å²) in [5, 5.41) is 3.20. The SMILES string of the molecule is CCCNc1cnc(COCCCc2ccccc2)cn1. The molecule has 2 aromatic rings. The van der Waals surface area contributed by atoms with E-state index >= 15 is 0 Å². The maximum atomic E-state index is 5.64. The summed E-state index contributed by atoms with van der Waals surface area (Å²) in [6.45, 7) is 4.31. The number of aryl methyl sites for hydroxylation is 1. The van der Waals surface area contributed by atoms with Crippen molar-refractivity contribution in [2.24, 2.45) is 0 Å². The van der Waals surface area contributed by atoms with Gasteiger partial charge in [0.25, 0.3) is 0 Å². The van der Waals surface area contributed by atoms with E-state index in [2.05, 4.69) is 46.5 Å². The highest BCUT2D eigenvalue weighted by Gasteiger charge is 1.98. The minimum absolute atomic E-state index is 0.524. The smallest absolute Gasteiger partial charge is 0.144 e. The Morgan fingerprint density at radius 1 is 1.10 bits per heavy atom. The van der Waals surface area contributed by atoms with Gasteiger partial charge in [-0.2, -0.15) is 0 Å². The number of nitrogens with one attached hydrogen (secondary N) is 1. The van der Waals surface area contributed by atoms with Crippen LogP contribution in [-0.2, 0) is 17.8 Å². The minimum atomic E-state index is 0.524. The summed E-state index contributed by atoms with van der Waals surface area (Å²) in [5.74, 6) is 0.824. The summed E-state index contributed by atoms with van der Waals surface area (Å²) in [7, 11) is 0. The van der Waals surface area contributed by atoms with Gasteiger partial charge in [0, 0.05) is 13.2 Å². The van der Waals surface area contributed by atoms with E-state index in [0.29, 0.717) is 6.61 Å². The highest BCUT2D eigenvalue weighted by Crippen LogP contribution is 2.05. The maximum Gasteiger partial charge on any atom is 0.144 e. The van der Waals surface area contributed by atoms with Crippen LogP contribution in [0.4, 0.5) is 5.82 Å². The van der Waals surface area contributed by atoms with Crippen molar-refractivity contribution < 1.29 is 4.74 Å². The lowest BCUT2D eigenvalue weighted by molar-refractivity contribution is 0.116. The predicted molar refractivity (Wildman–Crippen MR) is 85.2 cm³/mol. The van der Waals surface area contributed by atoms with Gasteiger partial charge >= 0.3 is 0 Å². The third-order valence-electron chi connectivity index (χ3n) is 3.11. The highest BCUT2D eigenvalue weighted by atomic mass is 16.5. The molecule has 0 amide bonds. The van der Waals surface area contributed by atoms with Crippen LogP contribution in [0.25, 0.3) is 0 Å². The first-order chi connectivity index (χ1) is 10.4. The number of aromatic nitrogens is 2. The molecule has 112 valence electrons. The van der Waals surface area contributed by atoms with Crippen LogP contribution in [0.15, 0.2) is 42.7 Å². The summed E-state index contributed by atoms with van der Waals surface area (Å²) in [6.07, 6.45) is 6.68. The van der Waals surface area contributed by atoms with Gasteiger partial charge in [0.2, 0.25) is 0 Å². The maximum absolute atomic E-state index is 5.64. The van der Waals surface area contributed by atoms with Gasteiger partial charge in [-0.3, -0.25) is 4.98 Å². The normalized spacial score (nSPS) is 10.5. The fourth-order valence-corrected chi connectivity index (χ4v) is 1.97. The van der Waals surface area contributed by atoms with Crippen molar-refractivity contribution in [3.8, 4) is 0 Å². The highest BCUT2D eigenvalue weighted by molar-refractivity contribution is 5.30. The molecule has 4 nitrogen and oxygen atoms in total. The second-order valence-corrected chi connectivity index (χ2v) is 4.96. The lowest BCUT2D eigenvalue weighted by Gasteiger charge is -2.06. The molecule has 0 unspecified atom stereocenters. The van der Waals surface area contributed by atoms with Crippen LogP contribution in [0.2, 0.25) is 0 Å². The van der Waals surface area contributed by atoms with E-state index in [9.17, 15) is 0 Å². The zero-order valence-corrected chi connectivity index (χ0v) is 12.6. The molecule has 0 saturated heterocycles. The average Bonchev–Trinajstić information content (AvgIpc) is 2.55. The van der Waals surface area contributed by atoms with E-state index in [-0.39, 0.29) is 0 Å². The number of ether oxygens (including phenoxy) is 1. The summed E-state index contributed by atoms with van der Waals surface area (Å²) in [5.41, 5.74) is 2.23. The molecular weight excluding hydrogens is 262 g/mol. The number of anilines is 1. The van der Waals surface area contributed by atoms with Gasteiger partial charge in [0.15, 0.2) is 0 Å². The van der Waals surface area contributed by atoms with Crippen LogP contribution in [-0.4, -0.2) is 23.1 Å². The standard InChI is InChI=1S/C17H23N3O/c1-2-10-18-17-13-19-16(12-20-17)14-21-11-6-9-15-7-4-3-5-8-15/h3-5,7-8,12-13H,2,6,9-11,14H2,1H3,(H,18,20). The second-order valence-electron chi connectivity index (χ2n) is 4.96. The molecule has 0 radical (unpaired) electrons. The fraction of sp³-hybridized carbons (Fsp3) is 0.412. The summed E-state index contributed by atoms with van der Waals surface area (Å²) >= 11 is 0. The molecule has 1 heterocycles. The lowest BCUT2D eigenvalue weighted by Crippen LogP contribution is -2.04. The first-order valence-electron chi connectivity index (χ1n) is 7.55. The van der Waals surface area contributed by atoms with Crippen molar-refractivity contribution >= 4 is 5.82 Å². The quantitative estimate of drug-likeness (QED) is 0.717. The van der Waals surface area contributed by atoms with Gasteiger partial charge in [0.05, 0.1) is 24.7 Å². The summed E-state index contributed by atoms with van der Waals surface area (Å²) < 4.78 is 5.64. The van der Waals surface area contributed by atoms with Gasteiger partial charge in [0.1, 0.15) is 5.82 Å². The molecule has 2 rings (SSSR count). The molecule has 1 aromatic heterocycles. The topological polar surface area (TPSA) is 47.0 Å². The number of hydrogen-bond donors (Lipinski definition) is 1. The van der Waals surface area contributed by atoms with Crippen molar-refractivity contribution in [1.29, 1.82) is 0 Å². The van der Waals surface area contributed by atoms with Gasteiger partial charge in [-0.15, -0.1) is 0 Å². The zero-order valence-electron chi connectivity index (χ0n) is 12.6. The van der Waals surface area contributed by atoms with Crippen LogP contribution in [0.3, 0.4) is 0 Å². The van der Waals surface area contributed by atoms with Crippen LogP contribution < -0.4 is 5.32 Å². The second kappa shape index (κ2) is 9.08. The van der Waals surface area contributed by atoms with E-state index in [1.165, 1.54) is 5.56 Å². The van der Waals surface area contributed by atoms with Crippen molar-refractivity contribution in [3.05, 3.63) is 54.0 Å². The first-order valence-corrected chi connectivity index (χ1v) is 7.55. The van der Waals surface area contributed by atoms with E-state index in [1.807, 2.05) is 6.07 Å².